The van der Waals surface area contributed by atoms with Crippen molar-refractivity contribution in [2.45, 2.75) is 31.8 Å². The fourth-order valence-electron chi connectivity index (χ4n) is 2.91. The van der Waals surface area contributed by atoms with Gasteiger partial charge in [0.1, 0.15) is 0 Å². The Morgan fingerprint density at radius 2 is 2.09 bits per heavy atom. The molecule has 0 aromatic heterocycles. The van der Waals surface area contributed by atoms with E-state index in [1.165, 1.54) is 5.56 Å². The molecular weight excluding hydrogens is 342 g/mol. The van der Waals surface area contributed by atoms with Gasteiger partial charge in [0.05, 0.1) is 12.5 Å². The Hall–Kier alpha value is -1.65. The number of fused-ring (bicyclic) bond motifs is 1. The number of amides is 1. The number of hydrogen-bond donors (Lipinski definition) is 2. The van der Waals surface area contributed by atoms with E-state index in [1.54, 1.807) is 0 Å². The van der Waals surface area contributed by atoms with Crippen LogP contribution < -0.4 is 5.32 Å². The minimum atomic E-state index is -0.310. The predicted octanol–water partition coefficient (Wildman–Crippen LogP) is 3.48. The van der Waals surface area contributed by atoms with Crippen molar-refractivity contribution in [2.24, 2.45) is 0 Å². The summed E-state index contributed by atoms with van der Waals surface area (Å²) >= 11 is 3.42. The van der Waals surface area contributed by atoms with Crippen molar-refractivity contribution in [1.82, 2.24) is 0 Å². The van der Waals surface area contributed by atoms with E-state index < -0.39 is 0 Å². The van der Waals surface area contributed by atoms with E-state index in [-0.39, 0.29) is 12.0 Å². The molecule has 1 aliphatic carbocycles. The highest BCUT2D eigenvalue weighted by Gasteiger charge is 2.19. The lowest BCUT2D eigenvalue weighted by Gasteiger charge is -2.23. The number of aliphatic hydroxyl groups is 1. The third kappa shape index (κ3) is 3.57. The van der Waals surface area contributed by atoms with Crippen molar-refractivity contribution in [2.75, 3.05) is 5.32 Å². The Labute approximate surface area is 138 Å². The molecule has 1 atom stereocenters. The zero-order chi connectivity index (χ0) is 15.5. The van der Waals surface area contributed by atoms with Gasteiger partial charge in [0.2, 0.25) is 5.91 Å². The maximum absolute atomic E-state index is 12.3. The predicted molar refractivity (Wildman–Crippen MR) is 90.9 cm³/mol. The average Bonchev–Trinajstić information content (AvgIpc) is 2.48. The highest BCUT2D eigenvalue weighted by atomic mass is 79.9. The molecule has 0 saturated carbocycles. The molecule has 2 aromatic rings. The molecule has 0 unspecified atom stereocenters. The fraction of sp³-hybridized carbons (Fsp3) is 0.278. The second kappa shape index (κ2) is 6.63. The minimum absolute atomic E-state index is 0.0356. The molecule has 1 aliphatic rings. The number of aryl methyl sites for hydroxylation is 1. The van der Waals surface area contributed by atoms with Crippen molar-refractivity contribution < 1.29 is 9.90 Å². The van der Waals surface area contributed by atoms with Gasteiger partial charge in [0.15, 0.2) is 0 Å². The molecule has 22 heavy (non-hydrogen) atoms. The molecule has 3 nitrogen and oxygen atoms in total. The van der Waals surface area contributed by atoms with Crippen molar-refractivity contribution in [3.05, 3.63) is 63.6 Å². The van der Waals surface area contributed by atoms with Crippen LogP contribution in [-0.4, -0.2) is 17.1 Å². The number of halogens is 1. The Kier molecular flexibility index (Phi) is 4.60. The van der Waals surface area contributed by atoms with E-state index in [1.807, 2.05) is 36.4 Å². The Bertz CT molecular complexity index is 699. The van der Waals surface area contributed by atoms with Crippen LogP contribution in [0.4, 0.5) is 5.69 Å². The summed E-state index contributed by atoms with van der Waals surface area (Å²) < 4.78 is 0.970. The van der Waals surface area contributed by atoms with Crippen LogP contribution in [0.15, 0.2) is 46.9 Å². The first kappa shape index (κ1) is 15.3. The van der Waals surface area contributed by atoms with Crippen LogP contribution in [0.1, 0.15) is 23.1 Å². The maximum atomic E-state index is 12.3. The molecule has 0 spiro atoms. The van der Waals surface area contributed by atoms with Crippen molar-refractivity contribution in [1.29, 1.82) is 0 Å². The zero-order valence-corrected chi connectivity index (χ0v) is 13.8. The van der Waals surface area contributed by atoms with Crippen molar-refractivity contribution >= 4 is 27.5 Å². The average molecular weight is 360 g/mol. The molecule has 0 bridgehead atoms. The number of anilines is 1. The lowest BCUT2D eigenvalue weighted by molar-refractivity contribution is -0.115. The van der Waals surface area contributed by atoms with Crippen LogP contribution in [0.5, 0.6) is 0 Å². The molecule has 0 radical (unpaired) electrons. The Morgan fingerprint density at radius 1 is 1.27 bits per heavy atom. The van der Waals surface area contributed by atoms with Crippen LogP contribution >= 0.6 is 15.9 Å². The SMILES string of the molecule is O=C(Cc1cccc(Br)c1)Nc1cccc2c1C[C@H](O)CC2. The smallest absolute Gasteiger partial charge is 0.228 e. The topological polar surface area (TPSA) is 49.3 Å². The monoisotopic (exact) mass is 359 g/mol. The van der Waals surface area contributed by atoms with Crippen LogP contribution in [0.3, 0.4) is 0 Å². The lowest BCUT2D eigenvalue weighted by Crippen LogP contribution is -2.22. The maximum Gasteiger partial charge on any atom is 0.228 e. The lowest BCUT2D eigenvalue weighted by atomic mass is 9.88. The molecule has 0 heterocycles. The highest BCUT2D eigenvalue weighted by Crippen LogP contribution is 2.28. The summed E-state index contributed by atoms with van der Waals surface area (Å²) in [4.78, 5) is 12.3. The summed E-state index contributed by atoms with van der Waals surface area (Å²) in [6.45, 7) is 0. The summed E-state index contributed by atoms with van der Waals surface area (Å²) in [5.41, 5.74) is 4.10. The van der Waals surface area contributed by atoms with Crippen LogP contribution in [-0.2, 0) is 24.1 Å². The van der Waals surface area contributed by atoms with E-state index in [0.717, 1.165) is 34.1 Å². The van der Waals surface area contributed by atoms with Gasteiger partial charge in [0, 0.05) is 16.6 Å². The summed E-state index contributed by atoms with van der Waals surface area (Å²) in [6, 6.07) is 13.7. The fourth-order valence-corrected chi connectivity index (χ4v) is 3.36. The van der Waals surface area contributed by atoms with Gasteiger partial charge in [-0.2, -0.15) is 0 Å². The summed E-state index contributed by atoms with van der Waals surface area (Å²) in [5, 5.41) is 12.9. The Balaban J connectivity index is 1.74. The largest absolute Gasteiger partial charge is 0.393 e. The third-order valence-corrected chi connectivity index (χ3v) is 4.48. The van der Waals surface area contributed by atoms with Crippen LogP contribution in [0.2, 0.25) is 0 Å². The normalized spacial score (nSPS) is 16.9. The van der Waals surface area contributed by atoms with E-state index in [2.05, 4.69) is 27.3 Å². The highest BCUT2D eigenvalue weighted by molar-refractivity contribution is 9.10. The minimum Gasteiger partial charge on any atom is -0.393 e. The van der Waals surface area contributed by atoms with E-state index in [4.69, 9.17) is 0 Å². The van der Waals surface area contributed by atoms with Gasteiger partial charge in [-0.25, -0.2) is 0 Å². The first-order valence-electron chi connectivity index (χ1n) is 7.45. The summed E-state index contributed by atoms with van der Waals surface area (Å²) in [5.74, 6) is -0.0356. The van der Waals surface area contributed by atoms with Gasteiger partial charge < -0.3 is 10.4 Å². The van der Waals surface area contributed by atoms with Gasteiger partial charge in [-0.15, -0.1) is 0 Å². The van der Waals surface area contributed by atoms with Crippen molar-refractivity contribution in [3.63, 3.8) is 0 Å². The number of aliphatic hydroxyl groups excluding tert-OH is 1. The molecule has 2 aromatic carbocycles. The Morgan fingerprint density at radius 3 is 2.91 bits per heavy atom. The zero-order valence-electron chi connectivity index (χ0n) is 12.2. The molecule has 1 amide bonds. The molecular formula is C18H18BrNO2. The first-order chi connectivity index (χ1) is 10.6. The number of benzene rings is 2. The standard InChI is InChI=1S/C18H18BrNO2/c19-14-5-1-3-12(9-14)10-18(22)20-17-6-2-4-13-7-8-15(21)11-16(13)17/h1-6,9,15,21H,7-8,10-11H2,(H,20,22)/t15-/m1/s1. The molecule has 114 valence electrons. The molecule has 2 N–H and O–H groups in total. The number of carbonyl (C=O) groups excluding carboxylic acids is 1. The number of nitrogens with one attached hydrogen (secondary N) is 1. The van der Waals surface area contributed by atoms with Gasteiger partial charge in [-0.3, -0.25) is 4.79 Å². The third-order valence-electron chi connectivity index (χ3n) is 3.99. The quantitative estimate of drug-likeness (QED) is 0.881. The van der Waals surface area contributed by atoms with E-state index in [0.29, 0.717) is 12.8 Å². The van der Waals surface area contributed by atoms with Gasteiger partial charge in [-0.1, -0.05) is 40.2 Å². The molecule has 0 aliphatic heterocycles. The summed E-state index contributed by atoms with van der Waals surface area (Å²) in [6.07, 6.45) is 2.30. The second-order valence-electron chi connectivity index (χ2n) is 5.69. The summed E-state index contributed by atoms with van der Waals surface area (Å²) in [7, 11) is 0. The first-order valence-corrected chi connectivity index (χ1v) is 8.24. The van der Waals surface area contributed by atoms with Crippen molar-refractivity contribution in [3.8, 4) is 0 Å². The molecule has 0 saturated heterocycles. The molecule has 0 fully saturated rings. The van der Waals surface area contributed by atoms with Crippen LogP contribution in [0.25, 0.3) is 0 Å². The van der Waals surface area contributed by atoms with E-state index >= 15 is 0 Å². The molecule has 4 heteroatoms. The van der Waals surface area contributed by atoms with E-state index in [9.17, 15) is 9.90 Å². The van der Waals surface area contributed by atoms with Crippen LogP contribution in [0, 0.1) is 0 Å². The van der Waals surface area contributed by atoms with Gasteiger partial charge in [0.25, 0.3) is 0 Å². The number of rotatable bonds is 3. The molecule has 3 rings (SSSR count). The number of carbonyl (C=O) groups is 1. The second-order valence-corrected chi connectivity index (χ2v) is 6.61. The number of hydrogen-bond acceptors (Lipinski definition) is 2. The van der Waals surface area contributed by atoms with Gasteiger partial charge in [-0.05, 0) is 47.7 Å². The van der Waals surface area contributed by atoms with Gasteiger partial charge >= 0.3 is 0 Å².